The van der Waals surface area contributed by atoms with Crippen LogP contribution in [0.5, 0.6) is 5.75 Å². The third kappa shape index (κ3) is 7.95. The van der Waals surface area contributed by atoms with Crippen molar-refractivity contribution < 1.29 is 26.9 Å². The molecule has 0 radical (unpaired) electrons. The molecule has 1 amide bonds. The van der Waals surface area contributed by atoms with Crippen LogP contribution < -0.4 is 4.74 Å². The molecular weight excluding hydrogens is 458 g/mol. The van der Waals surface area contributed by atoms with E-state index in [4.69, 9.17) is 13.7 Å². The lowest BCUT2D eigenvalue weighted by Gasteiger charge is -2.33. The molecule has 2 aromatic rings. The van der Waals surface area contributed by atoms with Gasteiger partial charge in [-0.2, -0.15) is 8.42 Å². The topological polar surface area (TPSA) is 108 Å². The van der Waals surface area contributed by atoms with Crippen LogP contribution in [-0.4, -0.2) is 60.9 Å². The lowest BCUT2D eigenvalue weighted by atomic mass is 9.98. The zero-order valence-corrected chi connectivity index (χ0v) is 21.2. The summed E-state index contributed by atoms with van der Waals surface area (Å²) in [4.78, 5) is 22.7. The fourth-order valence-corrected chi connectivity index (χ4v) is 4.25. The lowest BCUT2D eigenvalue weighted by molar-refractivity contribution is 0.0165. The van der Waals surface area contributed by atoms with Crippen molar-refractivity contribution in [2.24, 2.45) is 5.92 Å². The summed E-state index contributed by atoms with van der Waals surface area (Å²) in [7, 11) is -3.56. The van der Waals surface area contributed by atoms with Crippen molar-refractivity contribution in [1.82, 2.24) is 14.9 Å². The molecule has 2 heterocycles. The Hall–Kier alpha value is -2.72. The fourth-order valence-electron chi connectivity index (χ4n) is 3.61. The molecule has 1 fully saturated rings. The first-order valence-corrected chi connectivity index (χ1v) is 13.1. The first-order chi connectivity index (χ1) is 15.9. The van der Waals surface area contributed by atoms with Crippen molar-refractivity contribution in [1.29, 1.82) is 0 Å². The van der Waals surface area contributed by atoms with Crippen molar-refractivity contribution in [2.45, 2.75) is 52.2 Å². The quantitative estimate of drug-likeness (QED) is 0.530. The normalized spacial score (nSPS) is 16.2. The Morgan fingerprint density at radius 2 is 1.82 bits per heavy atom. The predicted molar refractivity (Wildman–Crippen MR) is 128 cm³/mol. The minimum atomic E-state index is -3.56. The molecule has 0 N–H and O–H groups in total. The Bertz CT molecular complexity index is 1070. The molecule has 0 saturated carbocycles. The average molecular weight is 492 g/mol. The third-order valence-electron chi connectivity index (χ3n) is 5.31. The number of carbonyl (C=O) groups excluding carboxylic acids is 1. The fraction of sp³-hybridized carbons (Fsp3) is 0.542. The van der Waals surface area contributed by atoms with Gasteiger partial charge in [-0.1, -0.05) is 18.2 Å². The number of ether oxygens (including phenoxy) is 2. The van der Waals surface area contributed by atoms with Crippen molar-refractivity contribution in [3.8, 4) is 17.1 Å². The van der Waals surface area contributed by atoms with E-state index in [0.717, 1.165) is 24.7 Å². The van der Waals surface area contributed by atoms with Gasteiger partial charge in [0.15, 0.2) is 11.6 Å². The highest BCUT2D eigenvalue weighted by atomic mass is 32.2. The molecule has 1 unspecified atom stereocenters. The SMILES string of the molecule is CC(OS(C)(=O)=O)c1cccc(-c2ncc(OCC3CCN(C(=O)OC(C)(C)C)CC3)cn2)c1. The molecule has 9 nitrogen and oxygen atoms in total. The molecule has 0 bridgehead atoms. The molecule has 34 heavy (non-hydrogen) atoms. The van der Waals surface area contributed by atoms with E-state index in [2.05, 4.69) is 9.97 Å². The molecule has 1 aliphatic heterocycles. The molecule has 3 rings (SSSR count). The number of rotatable bonds is 7. The van der Waals surface area contributed by atoms with Gasteiger partial charge in [0.1, 0.15) is 5.60 Å². The second kappa shape index (κ2) is 10.7. The maximum absolute atomic E-state index is 12.2. The van der Waals surface area contributed by atoms with E-state index in [1.165, 1.54) is 0 Å². The van der Waals surface area contributed by atoms with Crippen molar-refractivity contribution in [3.05, 3.63) is 42.2 Å². The largest absolute Gasteiger partial charge is 0.490 e. The summed E-state index contributed by atoms with van der Waals surface area (Å²) >= 11 is 0. The molecule has 1 aromatic heterocycles. The molecule has 1 saturated heterocycles. The van der Waals surface area contributed by atoms with Gasteiger partial charge in [0.05, 0.1) is 31.4 Å². The van der Waals surface area contributed by atoms with E-state index >= 15 is 0 Å². The standard InChI is InChI=1S/C24H33N3O6S/c1-17(33-34(5,29)30)19-7-6-8-20(13-19)22-25-14-21(15-26-22)31-16-18-9-11-27(12-10-18)23(28)32-24(2,3)4/h6-8,13-15,17-18H,9-12,16H2,1-5H3. The van der Waals surface area contributed by atoms with Gasteiger partial charge >= 0.3 is 6.09 Å². The first-order valence-electron chi connectivity index (χ1n) is 11.3. The Balaban J connectivity index is 1.51. The van der Waals surface area contributed by atoms with Gasteiger partial charge in [-0.25, -0.2) is 14.8 Å². The van der Waals surface area contributed by atoms with Crippen molar-refractivity contribution >= 4 is 16.2 Å². The van der Waals surface area contributed by atoms with E-state index in [9.17, 15) is 13.2 Å². The number of piperidine rings is 1. The van der Waals surface area contributed by atoms with E-state index in [1.807, 2.05) is 39.0 Å². The number of nitrogens with zero attached hydrogens (tertiary/aromatic N) is 3. The minimum Gasteiger partial charge on any atom is -0.490 e. The van der Waals surface area contributed by atoms with Crippen LogP contribution in [0.2, 0.25) is 0 Å². The smallest absolute Gasteiger partial charge is 0.410 e. The van der Waals surface area contributed by atoms with E-state index in [0.29, 0.717) is 42.8 Å². The van der Waals surface area contributed by atoms with E-state index in [1.54, 1.807) is 30.3 Å². The summed E-state index contributed by atoms with van der Waals surface area (Å²) in [6.45, 7) is 9.10. The van der Waals surface area contributed by atoms with Crippen LogP contribution in [0.15, 0.2) is 36.7 Å². The van der Waals surface area contributed by atoms with Crippen LogP contribution >= 0.6 is 0 Å². The minimum absolute atomic E-state index is 0.266. The first kappa shape index (κ1) is 25.9. The van der Waals surface area contributed by atoms with E-state index < -0.39 is 21.8 Å². The van der Waals surface area contributed by atoms with Crippen LogP contribution in [0.25, 0.3) is 11.4 Å². The van der Waals surface area contributed by atoms with Crippen LogP contribution in [0.1, 0.15) is 52.2 Å². The summed E-state index contributed by atoms with van der Waals surface area (Å²) in [5.74, 6) is 1.42. The molecule has 1 aromatic carbocycles. The zero-order chi connectivity index (χ0) is 24.9. The molecule has 186 valence electrons. The summed E-state index contributed by atoms with van der Waals surface area (Å²) < 4.78 is 39.2. The number of aromatic nitrogens is 2. The van der Waals surface area contributed by atoms with Gasteiger partial charge in [-0.05, 0) is 58.1 Å². The van der Waals surface area contributed by atoms with E-state index in [-0.39, 0.29) is 6.09 Å². The number of carbonyl (C=O) groups is 1. The monoisotopic (exact) mass is 491 g/mol. The number of hydrogen-bond donors (Lipinski definition) is 0. The zero-order valence-electron chi connectivity index (χ0n) is 20.4. The highest BCUT2D eigenvalue weighted by Crippen LogP contribution is 2.25. The molecule has 10 heteroatoms. The van der Waals surface area contributed by atoms with Crippen LogP contribution in [0.3, 0.4) is 0 Å². The highest BCUT2D eigenvalue weighted by Gasteiger charge is 2.27. The van der Waals surface area contributed by atoms with Gasteiger partial charge in [-0.15, -0.1) is 0 Å². The van der Waals surface area contributed by atoms with Gasteiger partial charge < -0.3 is 14.4 Å². The van der Waals surface area contributed by atoms with Gasteiger partial charge in [0.25, 0.3) is 10.1 Å². The molecule has 0 spiro atoms. The number of benzene rings is 1. The summed E-state index contributed by atoms with van der Waals surface area (Å²) in [6.07, 6.45) is 5.09. The van der Waals surface area contributed by atoms with Crippen LogP contribution in [0, 0.1) is 5.92 Å². The molecule has 1 atom stereocenters. The van der Waals surface area contributed by atoms with Crippen LogP contribution in [-0.2, 0) is 19.0 Å². The Labute approximate surface area is 201 Å². The van der Waals surface area contributed by atoms with Crippen molar-refractivity contribution in [2.75, 3.05) is 26.0 Å². The lowest BCUT2D eigenvalue weighted by Crippen LogP contribution is -2.42. The second-order valence-electron chi connectivity index (χ2n) is 9.53. The van der Waals surface area contributed by atoms with Crippen molar-refractivity contribution in [3.63, 3.8) is 0 Å². The molecular formula is C24H33N3O6S. The second-order valence-corrected chi connectivity index (χ2v) is 11.1. The molecule has 1 aliphatic rings. The Morgan fingerprint density at radius 1 is 1.18 bits per heavy atom. The maximum Gasteiger partial charge on any atom is 0.410 e. The Kier molecular flexibility index (Phi) is 8.14. The number of amides is 1. The summed E-state index contributed by atoms with van der Waals surface area (Å²) in [5.41, 5.74) is 0.972. The summed E-state index contributed by atoms with van der Waals surface area (Å²) in [5, 5.41) is 0. The number of hydrogen-bond acceptors (Lipinski definition) is 8. The number of likely N-dealkylation sites (tertiary alicyclic amines) is 1. The Morgan fingerprint density at radius 3 is 2.41 bits per heavy atom. The van der Waals surface area contributed by atoms with Gasteiger partial charge in [-0.3, -0.25) is 4.18 Å². The molecule has 0 aliphatic carbocycles. The predicted octanol–water partition coefficient (Wildman–Crippen LogP) is 4.21. The highest BCUT2D eigenvalue weighted by molar-refractivity contribution is 7.86. The van der Waals surface area contributed by atoms with Gasteiger partial charge in [0, 0.05) is 18.7 Å². The van der Waals surface area contributed by atoms with Crippen LogP contribution in [0.4, 0.5) is 4.79 Å². The van der Waals surface area contributed by atoms with Gasteiger partial charge in [0.2, 0.25) is 0 Å². The summed E-state index contributed by atoms with van der Waals surface area (Å²) in [6, 6.07) is 7.27. The average Bonchev–Trinajstić information content (AvgIpc) is 2.76. The third-order valence-corrected chi connectivity index (χ3v) is 5.95. The maximum atomic E-state index is 12.2.